The lowest BCUT2D eigenvalue weighted by molar-refractivity contribution is -0.177. The van der Waals surface area contributed by atoms with E-state index in [1.54, 1.807) is 33.8 Å². The first-order valence-electron chi connectivity index (χ1n) is 12.3. The number of pyridine rings is 1. The number of hydrogen-bond acceptors (Lipinski definition) is 8. The van der Waals surface area contributed by atoms with Crippen LogP contribution in [0.2, 0.25) is 0 Å². The van der Waals surface area contributed by atoms with E-state index in [4.69, 9.17) is 23.9 Å². The molecular formula is C29H29NO7. The van der Waals surface area contributed by atoms with E-state index in [-0.39, 0.29) is 18.6 Å². The quantitative estimate of drug-likeness (QED) is 0.220. The molecule has 0 fully saturated rings. The van der Waals surface area contributed by atoms with E-state index in [1.807, 2.05) is 36.4 Å². The number of benzene rings is 3. The number of rotatable bonds is 5. The fourth-order valence-corrected chi connectivity index (χ4v) is 4.91. The molecule has 192 valence electrons. The molecule has 0 bridgehead atoms. The highest BCUT2D eigenvalue weighted by molar-refractivity contribution is 6.14. The molecule has 0 aliphatic carbocycles. The molecule has 1 aliphatic heterocycles. The van der Waals surface area contributed by atoms with Gasteiger partial charge in [0.1, 0.15) is 23.2 Å². The van der Waals surface area contributed by atoms with Crippen LogP contribution in [0.15, 0.2) is 42.5 Å². The summed E-state index contributed by atoms with van der Waals surface area (Å²) in [5.74, 6) is 0.141. The number of hydrogen-bond donors (Lipinski definition) is 1. The SMILES string of the molecule is CCC(=O)Oc1c2ccc3ccccc3c2nc2c3c(cc(OC)c12)OC(C)(C)[C@H](OC(=O)CC)[C@@H]3O. The van der Waals surface area contributed by atoms with Gasteiger partial charge in [-0.2, -0.15) is 0 Å². The Morgan fingerprint density at radius 3 is 2.46 bits per heavy atom. The zero-order chi connectivity index (χ0) is 26.5. The van der Waals surface area contributed by atoms with Crippen LogP contribution in [0.4, 0.5) is 0 Å². The van der Waals surface area contributed by atoms with E-state index in [0.29, 0.717) is 38.9 Å². The van der Waals surface area contributed by atoms with E-state index in [9.17, 15) is 14.7 Å². The number of carbonyl (C=O) groups excluding carboxylic acids is 2. The normalized spacial score (nSPS) is 18.3. The highest BCUT2D eigenvalue weighted by atomic mass is 16.6. The van der Waals surface area contributed by atoms with Crippen LogP contribution in [-0.2, 0) is 14.3 Å². The van der Waals surface area contributed by atoms with Gasteiger partial charge in [0.15, 0.2) is 11.9 Å². The molecule has 0 spiro atoms. The second kappa shape index (κ2) is 9.19. The zero-order valence-corrected chi connectivity index (χ0v) is 21.5. The number of aliphatic hydroxyl groups is 1. The van der Waals surface area contributed by atoms with Gasteiger partial charge in [0.25, 0.3) is 0 Å². The van der Waals surface area contributed by atoms with Gasteiger partial charge in [-0.1, -0.05) is 44.2 Å². The smallest absolute Gasteiger partial charge is 0.310 e. The Balaban J connectivity index is 1.91. The van der Waals surface area contributed by atoms with Crippen LogP contribution < -0.4 is 14.2 Å². The number of ether oxygens (including phenoxy) is 4. The summed E-state index contributed by atoms with van der Waals surface area (Å²) >= 11 is 0. The van der Waals surface area contributed by atoms with Gasteiger partial charge in [-0.3, -0.25) is 9.59 Å². The largest absolute Gasteiger partial charge is 0.496 e. The molecule has 0 unspecified atom stereocenters. The molecule has 4 aromatic rings. The highest BCUT2D eigenvalue weighted by Crippen LogP contribution is 2.51. The van der Waals surface area contributed by atoms with Gasteiger partial charge >= 0.3 is 11.9 Å². The molecule has 1 N–H and O–H groups in total. The van der Waals surface area contributed by atoms with Crippen LogP contribution in [0.1, 0.15) is 52.2 Å². The minimum absolute atomic E-state index is 0.154. The maximum absolute atomic E-state index is 12.6. The van der Waals surface area contributed by atoms with Crippen LogP contribution in [0.5, 0.6) is 17.2 Å². The van der Waals surface area contributed by atoms with E-state index in [0.717, 1.165) is 10.8 Å². The summed E-state index contributed by atoms with van der Waals surface area (Å²) in [4.78, 5) is 29.8. The summed E-state index contributed by atoms with van der Waals surface area (Å²) in [5.41, 5.74) is 0.251. The first kappa shape index (κ1) is 24.8. The van der Waals surface area contributed by atoms with Crippen molar-refractivity contribution < 1.29 is 33.6 Å². The Morgan fingerprint density at radius 2 is 1.76 bits per heavy atom. The van der Waals surface area contributed by atoms with Crippen LogP contribution in [0, 0.1) is 0 Å². The van der Waals surface area contributed by atoms with Gasteiger partial charge in [0, 0.05) is 29.7 Å². The van der Waals surface area contributed by atoms with Crippen LogP contribution >= 0.6 is 0 Å². The number of fused-ring (bicyclic) bond motifs is 6. The monoisotopic (exact) mass is 503 g/mol. The molecule has 5 rings (SSSR count). The van der Waals surface area contributed by atoms with E-state index < -0.39 is 29.7 Å². The minimum Gasteiger partial charge on any atom is -0.496 e. The Kier molecular flexibility index (Phi) is 6.15. The van der Waals surface area contributed by atoms with Crippen molar-refractivity contribution >= 4 is 44.5 Å². The number of aliphatic hydroxyl groups excluding tert-OH is 1. The lowest BCUT2D eigenvalue weighted by atomic mass is 9.86. The molecule has 37 heavy (non-hydrogen) atoms. The summed E-state index contributed by atoms with van der Waals surface area (Å²) in [7, 11) is 1.51. The topological polar surface area (TPSA) is 104 Å². The van der Waals surface area contributed by atoms with Crippen molar-refractivity contribution in [1.82, 2.24) is 4.98 Å². The molecule has 8 heteroatoms. The van der Waals surface area contributed by atoms with Gasteiger partial charge in [0.05, 0.1) is 29.1 Å². The minimum atomic E-state index is -1.25. The van der Waals surface area contributed by atoms with Crippen LogP contribution in [0.25, 0.3) is 32.6 Å². The van der Waals surface area contributed by atoms with Crippen molar-refractivity contribution in [3.8, 4) is 17.2 Å². The third-order valence-electron chi connectivity index (χ3n) is 6.77. The summed E-state index contributed by atoms with van der Waals surface area (Å²) in [5, 5.41) is 14.5. The average Bonchev–Trinajstić information content (AvgIpc) is 2.89. The highest BCUT2D eigenvalue weighted by Gasteiger charge is 2.47. The van der Waals surface area contributed by atoms with Crippen molar-refractivity contribution in [2.24, 2.45) is 0 Å². The maximum Gasteiger partial charge on any atom is 0.310 e. The maximum atomic E-state index is 12.6. The molecule has 0 saturated heterocycles. The number of aromatic nitrogens is 1. The lowest BCUT2D eigenvalue weighted by Crippen LogP contribution is -2.51. The number of esters is 2. The third kappa shape index (κ3) is 4.01. The summed E-state index contributed by atoms with van der Waals surface area (Å²) in [6.45, 7) is 6.90. The summed E-state index contributed by atoms with van der Waals surface area (Å²) in [6, 6.07) is 13.2. The predicted octanol–water partition coefficient (Wildman–Crippen LogP) is 5.39. The standard InChI is InChI=1S/C29H29NO7/c1-6-20(31)35-27-17-13-12-15-10-8-9-11-16(15)24(17)30-25-22-19(14-18(34-5)23(25)27)37-29(3,4)28(26(22)33)36-21(32)7-2/h8-14,26,28,33H,6-7H2,1-5H3/t26-,28-/m1/s1. The van der Waals surface area contributed by atoms with Crippen molar-refractivity contribution in [3.05, 3.63) is 48.0 Å². The van der Waals surface area contributed by atoms with Crippen molar-refractivity contribution in [3.63, 3.8) is 0 Å². The van der Waals surface area contributed by atoms with E-state index in [1.165, 1.54) is 7.11 Å². The molecule has 0 amide bonds. The average molecular weight is 504 g/mol. The molecule has 2 heterocycles. The fourth-order valence-electron chi connectivity index (χ4n) is 4.91. The molecule has 8 nitrogen and oxygen atoms in total. The predicted molar refractivity (Wildman–Crippen MR) is 139 cm³/mol. The van der Waals surface area contributed by atoms with Crippen LogP contribution in [-0.4, -0.2) is 40.8 Å². The third-order valence-corrected chi connectivity index (χ3v) is 6.77. The Hall–Kier alpha value is -3.91. The van der Waals surface area contributed by atoms with Gasteiger partial charge in [0.2, 0.25) is 0 Å². The number of carbonyl (C=O) groups is 2. The van der Waals surface area contributed by atoms with Gasteiger partial charge in [-0.05, 0) is 25.3 Å². The molecular weight excluding hydrogens is 474 g/mol. The fraction of sp³-hybridized carbons (Fsp3) is 0.345. The van der Waals surface area contributed by atoms with Gasteiger partial charge in [-0.25, -0.2) is 4.98 Å². The first-order valence-corrected chi connectivity index (χ1v) is 12.3. The lowest BCUT2D eigenvalue weighted by Gasteiger charge is -2.42. The van der Waals surface area contributed by atoms with Crippen molar-refractivity contribution in [2.75, 3.05) is 7.11 Å². The Labute approximate surface area is 214 Å². The molecule has 0 radical (unpaired) electrons. The van der Waals surface area contributed by atoms with E-state index in [2.05, 4.69) is 0 Å². The molecule has 2 atom stereocenters. The Bertz CT molecular complexity index is 1560. The van der Waals surface area contributed by atoms with Crippen molar-refractivity contribution in [1.29, 1.82) is 0 Å². The summed E-state index contributed by atoms with van der Waals surface area (Å²) in [6.07, 6.45) is -1.92. The molecule has 3 aromatic carbocycles. The zero-order valence-electron chi connectivity index (χ0n) is 21.5. The van der Waals surface area contributed by atoms with Crippen LogP contribution in [0.3, 0.4) is 0 Å². The van der Waals surface area contributed by atoms with E-state index >= 15 is 0 Å². The number of methoxy groups -OCH3 is 1. The van der Waals surface area contributed by atoms with Gasteiger partial charge < -0.3 is 24.1 Å². The number of nitrogens with zero attached hydrogens (tertiary/aromatic N) is 1. The molecule has 0 saturated carbocycles. The second-order valence-electron chi connectivity index (χ2n) is 9.58. The molecule has 1 aliphatic rings. The Morgan fingerprint density at radius 1 is 1.03 bits per heavy atom. The summed E-state index contributed by atoms with van der Waals surface area (Å²) < 4.78 is 23.5. The van der Waals surface area contributed by atoms with Gasteiger partial charge in [-0.15, -0.1) is 0 Å². The second-order valence-corrected chi connectivity index (χ2v) is 9.58. The molecule has 1 aromatic heterocycles. The van der Waals surface area contributed by atoms with Crippen molar-refractivity contribution in [2.45, 2.75) is 58.3 Å². The first-order chi connectivity index (χ1) is 17.7.